The molecule has 0 bridgehead atoms. The van der Waals surface area contributed by atoms with E-state index in [0.29, 0.717) is 0 Å². The number of benzene rings is 1. The SMILES string of the molecule is CC(C)(C)c1ccc(CN2CCN(CC(=O)O)CC2)cc1. The number of carbonyl (C=O) groups is 1. The standard InChI is InChI=1S/C17H26N2O2/c1-17(2,3)15-6-4-14(5-7-15)12-18-8-10-19(11-9-18)13-16(20)21/h4-7H,8-13H2,1-3H3,(H,20,21). The quantitative estimate of drug-likeness (QED) is 0.923. The van der Waals surface area contributed by atoms with Crippen molar-refractivity contribution in [1.82, 2.24) is 9.80 Å². The molecule has 1 N–H and O–H groups in total. The smallest absolute Gasteiger partial charge is 0.317 e. The molecule has 1 fully saturated rings. The first-order valence-corrected chi connectivity index (χ1v) is 7.60. The number of carboxylic acids is 1. The highest BCUT2D eigenvalue weighted by Crippen LogP contribution is 2.22. The van der Waals surface area contributed by atoms with Crippen LogP contribution in [0.1, 0.15) is 31.9 Å². The lowest BCUT2D eigenvalue weighted by Gasteiger charge is -2.33. The largest absolute Gasteiger partial charge is 0.480 e. The van der Waals surface area contributed by atoms with Crippen LogP contribution < -0.4 is 0 Å². The van der Waals surface area contributed by atoms with Gasteiger partial charge in [0.15, 0.2) is 0 Å². The van der Waals surface area contributed by atoms with Gasteiger partial charge in [0.25, 0.3) is 0 Å². The first-order chi connectivity index (χ1) is 9.84. The average molecular weight is 290 g/mol. The predicted octanol–water partition coefficient (Wildman–Crippen LogP) is 2.19. The van der Waals surface area contributed by atoms with Crippen molar-refractivity contribution in [2.24, 2.45) is 0 Å². The Balaban J connectivity index is 1.85. The van der Waals surface area contributed by atoms with Gasteiger partial charge in [-0.3, -0.25) is 14.6 Å². The Kier molecular flexibility index (Phi) is 5.01. The van der Waals surface area contributed by atoms with Gasteiger partial charge in [0.1, 0.15) is 0 Å². The molecule has 0 saturated carbocycles. The van der Waals surface area contributed by atoms with Crippen molar-refractivity contribution in [2.45, 2.75) is 32.7 Å². The summed E-state index contributed by atoms with van der Waals surface area (Å²) in [4.78, 5) is 15.1. The molecule has 1 heterocycles. The number of hydrogen-bond acceptors (Lipinski definition) is 3. The Morgan fingerprint density at radius 2 is 1.57 bits per heavy atom. The summed E-state index contributed by atoms with van der Waals surface area (Å²) in [5.74, 6) is -0.735. The van der Waals surface area contributed by atoms with Crippen LogP contribution in [0.25, 0.3) is 0 Å². The van der Waals surface area contributed by atoms with E-state index < -0.39 is 5.97 Å². The number of hydrogen-bond donors (Lipinski definition) is 1. The minimum absolute atomic E-state index is 0.161. The normalized spacial score (nSPS) is 17.9. The Bertz CT molecular complexity index is 469. The maximum Gasteiger partial charge on any atom is 0.317 e. The minimum atomic E-state index is -0.735. The Labute approximate surface area is 127 Å². The first-order valence-electron chi connectivity index (χ1n) is 7.60. The van der Waals surface area contributed by atoms with E-state index in [2.05, 4.69) is 49.9 Å². The molecular weight excluding hydrogens is 264 g/mol. The molecule has 1 aliphatic heterocycles. The zero-order valence-corrected chi connectivity index (χ0v) is 13.3. The summed E-state index contributed by atoms with van der Waals surface area (Å²) in [7, 11) is 0. The number of carboxylic acid groups (broad SMARTS) is 1. The molecule has 0 spiro atoms. The van der Waals surface area contributed by atoms with Gasteiger partial charge in [0, 0.05) is 32.7 Å². The summed E-state index contributed by atoms with van der Waals surface area (Å²) in [6.07, 6.45) is 0. The lowest BCUT2D eigenvalue weighted by atomic mass is 9.87. The molecule has 0 aliphatic carbocycles. The van der Waals surface area contributed by atoms with Gasteiger partial charge >= 0.3 is 5.97 Å². The van der Waals surface area contributed by atoms with Crippen LogP contribution >= 0.6 is 0 Å². The van der Waals surface area contributed by atoms with E-state index in [-0.39, 0.29) is 12.0 Å². The molecule has 0 atom stereocenters. The molecule has 21 heavy (non-hydrogen) atoms. The van der Waals surface area contributed by atoms with Crippen molar-refractivity contribution in [3.8, 4) is 0 Å². The van der Waals surface area contributed by atoms with E-state index in [0.717, 1.165) is 32.7 Å². The van der Waals surface area contributed by atoms with Crippen LogP contribution in [-0.2, 0) is 16.8 Å². The number of nitrogens with zero attached hydrogens (tertiary/aromatic N) is 2. The molecular formula is C17H26N2O2. The van der Waals surface area contributed by atoms with Crippen molar-refractivity contribution < 1.29 is 9.90 Å². The average Bonchev–Trinajstić information content (AvgIpc) is 2.40. The number of rotatable bonds is 4. The van der Waals surface area contributed by atoms with Gasteiger partial charge in [-0.25, -0.2) is 0 Å². The predicted molar refractivity (Wildman–Crippen MR) is 84.5 cm³/mol. The fraction of sp³-hybridized carbons (Fsp3) is 0.588. The van der Waals surface area contributed by atoms with Crippen LogP contribution in [0, 0.1) is 0 Å². The van der Waals surface area contributed by atoms with Crippen LogP contribution in [0.2, 0.25) is 0 Å². The summed E-state index contributed by atoms with van der Waals surface area (Å²) in [5.41, 5.74) is 2.88. The van der Waals surface area contributed by atoms with Gasteiger partial charge in [-0.05, 0) is 16.5 Å². The lowest BCUT2D eigenvalue weighted by Crippen LogP contribution is -2.47. The Hall–Kier alpha value is -1.39. The van der Waals surface area contributed by atoms with E-state index in [1.807, 2.05) is 4.90 Å². The zero-order valence-electron chi connectivity index (χ0n) is 13.3. The Morgan fingerprint density at radius 1 is 1.05 bits per heavy atom. The van der Waals surface area contributed by atoms with Crippen molar-refractivity contribution in [3.63, 3.8) is 0 Å². The topological polar surface area (TPSA) is 43.8 Å². The summed E-state index contributed by atoms with van der Waals surface area (Å²) in [5, 5.41) is 8.80. The summed E-state index contributed by atoms with van der Waals surface area (Å²) >= 11 is 0. The second kappa shape index (κ2) is 6.58. The fourth-order valence-electron chi connectivity index (χ4n) is 2.67. The molecule has 116 valence electrons. The maximum atomic E-state index is 10.7. The molecule has 0 amide bonds. The monoisotopic (exact) mass is 290 g/mol. The van der Waals surface area contributed by atoms with Gasteiger partial charge in [0.2, 0.25) is 0 Å². The third kappa shape index (κ3) is 4.83. The molecule has 1 saturated heterocycles. The summed E-state index contributed by atoms with van der Waals surface area (Å²) in [6.45, 7) is 11.3. The van der Waals surface area contributed by atoms with Crippen molar-refractivity contribution in [2.75, 3.05) is 32.7 Å². The van der Waals surface area contributed by atoms with Gasteiger partial charge in [-0.15, -0.1) is 0 Å². The molecule has 0 radical (unpaired) electrons. The molecule has 4 heteroatoms. The van der Waals surface area contributed by atoms with Crippen molar-refractivity contribution in [1.29, 1.82) is 0 Å². The first kappa shape index (κ1) is 16.0. The lowest BCUT2D eigenvalue weighted by molar-refractivity contribution is -0.138. The highest BCUT2D eigenvalue weighted by atomic mass is 16.4. The Morgan fingerprint density at radius 3 is 2.05 bits per heavy atom. The zero-order chi connectivity index (χ0) is 15.5. The van der Waals surface area contributed by atoms with E-state index in [1.54, 1.807) is 0 Å². The van der Waals surface area contributed by atoms with Crippen LogP contribution in [0.15, 0.2) is 24.3 Å². The van der Waals surface area contributed by atoms with Gasteiger partial charge in [0.05, 0.1) is 6.54 Å². The van der Waals surface area contributed by atoms with Gasteiger partial charge < -0.3 is 5.11 Å². The molecule has 0 aromatic heterocycles. The molecule has 1 aromatic carbocycles. The number of piperazine rings is 1. The highest BCUT2D eigenvalue weighted by molar-refractivity contribution is 5.69. The minimum Gasteiger partial charge on any atom is -0.480 e. The van der Waals surface area contributed by atoms with Gasteiger partial charge in [-0.2, -0.15) is 0 Å². The summed E-state index contributed by atoms with van der Waals surface area (Å²) in [6, 6.07) is 8.86. The van der Waals surface area contributed by atoms with Crippen LogP contribution in [0.5, 0.6) is 0 Å². The van der Waals surface area contributed by atoms with Crippen LogP contribution in [-0.4, -0.2) is 53.6 Å². The van der Waals surface area contributed by atoms with Crippen molar-refractivity contribution in [3.05, 3.63) is 35.4 Å². The molecule has 2 rings (SSSR count). The van der Waals surface area contributed by atoms with Crippen molar-refractivity contribution >= 4 is 5.97 Å². The molecule has 1 aliphatic rings. The highest BCUT2D eigenvalue weighted by Gasteiger charge is 2.19. The van der Waals surface area contributed by atoms with E-state index >= 15 is 0 Å². The van der Waals surface area contributed by atoms with E-state index in [4.69, 9.17) is 5.11 Å². The fourth-order valence-corrected chi connectivity index (χ4v) is 2.67. The third-order valence-corrected chi connectivity index (χ3v) is 4.05. The van der Waals surface area contributed by atoms with E-state index in [1.165, 1.54) is 11.1 Å². The maximum absolute atomic E-state index is 10.7. The van der Waals surface area contributed by atoms with Crippen LogP contribution in [0.4, 0.5) is 0 Å². The van der Waals surface area contributed by atoms with Gasteiger partial charge in [-0.1, -0.05) is 45.0 Å². The van der Waals surface area contributed by atoms with E-state index in [9.17, 15) is 4.79 Å². The number of aliphatic carboxylic acids is 1. The molecule has 4 nitrogen and oxygen atoms in total. The summed E-state index contributed by atoms with van der Waals surface area (Å²) < 4.78 is 0. The molecule has 1 aromatic rings. The second-order valence-corrected chi connectivity index (χ2v) is 6.89. The third-order valence-electron chi connectivity index (χ3n) is 4.05. The van der Waals surface area contributed by atoms with Crippen LogP contribution in [0.3, 0.4) is 0 Å². The second-order valence-electron chi connectivity index (χ2n) is 6.89. The molecule has 0 unspecified atom stereocenters.